The van der Waals surface area contributed by atoms with Gasteiger partial charge < -0.3 is 20.1 Å². The summed E-state index contributed by atoms with van der Waals surface area (Å²) in [6.07, 6.45) is 10.2. The number of nitriles is 1. The van der Waals surface area contributed by atoms with Crippen LogP contribution >= 0.6 is 0 Å². The number of aliphatic hydroxyl groups is 1. The van der Waals surface area contributed by atoms with Crippen molar-refractivity contribution in [1.29, 1.82) is 5.26 Å². The molecule has 2 unspecified atom stereocenters. The first-order valence-electron chi connectivity index (χ1n) is 14.4. The van der Waals surface area contributed by atoms with Crippen molar-refractivity contribution in [2.75, 3.05) is 44.2 Å². The molecule has 0 saturated carbocycles. The normalized spacial score (nSPS) is 21.8. The summed E-state index contributed by atoms with van der Waals surface area (Å²) < 4.78 is 7.92. The van der Waals surface area contributed by atoms with Crippen molar-refractivity contribution < 1.29 is 9.84 Å². The van der Waals surface area contributed by atoms with Crippen LogP contribution in [0.15, 0.2) is 61.2 Å². The highest BCUT2D eigenvalue weighted by molar-refractivity contribution is 5.85. The van der Waals surface area contributed by atoms with E-state index in [0.29, 0.717) is 49.3 Å². The lowest BCUT2D eigenvalue weighted by Gasteiger charge is -2.48. The molecular weight excluding hydrogens is 516 g/mol. The van der Waals surface area contributed by atoms with Crippen LogP contribution in [-0.4, -0.2) is 86.6 Å². The summed E-state index contributed by atoms with van der Waals surface area (Å²) in [6.45, 7) is 5.07. The lowest BCUT2D eigenvalue weighted by Crippen LogP contribution is -2.67. The molecule has 4 aliphatic heterocycles. The van der Waals surface area contributed by atoms with Crippen LogP contribution in [0.4, 0.5) is 5.82 Å². The summed E-state index contributed by atoms with van der Waals surface area (Å²) in [5.41, 5.74) is 3.18. The number of ether oxygens (including phenoxy) is 1. The van der Waals surface area contributed by atoms with Crippen LogP contribution in [0.2, 0.25) is 0 Å². The highest BCUT2D eigenvalue weighted by Crippen LogP contribution is 2.33. The number of aromatic nitrogens is 4. The number of hydrogen-bond acceptors (Lipinski definition) is 9. The SMILES string of the molecule is N#Cc1cnn2cc(OCCN3CC4CC(C3)N4)cc(-c3ccc(N4CCC(O)(Cc5ccccn5)CC4)nc3)c12. The fraction of sp³-hybridized carbons (Fsp3) is 0.419. The molecule has 10 nitrogen and oxygen atoms in total. The van der Waals surface area contributed by atoms with Gasteiger partial charge in [-0.15, -0.1) is 0 Å². The maximum absolute atomic E-state index is 11.1. The number of rotatable bonds is 8. The lowest BCUT2D eigenvalue weighted by atomic mass is 9.87. The Kier molecular flexibility index (Phi) is 6.79. The van der Waals surface area contributed by atoms with Crippen molar-refractivity contribution in [3.05, 3.63) is 72.4 Å². The van der Waals surface area contributed by atoms with E-state index >= 15 is 0 Å². The second kappa shape index (κ2) is 10.7. The Morgan fingerprint density at radius 3 is 2.63 bits per heavy atom. The number of piperazine rings is 1. The Hall–Kier alpha value is -4.04. The van der Waals surface area contributed by atoms with Crippen LogP contribution in [0.3, 0.4) is 0 Å². The van der Waals surface area contributed by atoms with E-state index in [4.69, 9.17) is 9.72 Å². The number of piperidine rings is 2. The summed E-state index contributed by atoms with van der Waals surface area (Å²) in [6, 6.07) is 15.4. The molecule has 4 fully saturated rings. The van der Waals surface area contributed by atoms with Crippen molar-refractivity contribution in [2.24, 2.45) is 0 Å². The third-order valence-electron chi connectivity index (χ3n) is 8.69. The summed E-state index contributed by atoms with van der Waals surface area (Å²) in [4.78, 5) is 13.8. The maximum Gasteiger partial charge on any atom is 0.138 e. The number of anilines is 1. The molecule has 8 rings (SSSR count). The van der Waals surface area contributed by atoms with Gasteiger partial charge >= 0.3 is 0 Å². The first-order chi connectivity index (χ1) is 20.0. The zero-order valence-corrected chi connectivity index (χ0v) is 23.0. The van der Waals surface area contributed by atoms with Gasteiger partial charge in [0.05, 0.1) is 29.1 Å². The molecule has 4 saturated heterocycles. The van der Waals surface area contributed by atoms with Crippen LogP contribution in [0.25, 0.3) is 16.6 Å². The Balaban J connectivity index is 1.05. The minimum Gasteiger partial charge on any atom is -0.491 e. The van der Waals surface area contributed by atoms with Gasteiger partial charge in [0.1, 0.15) is 24.2 Å². The molecule has 41 heavy (non-hydrogen) atoms. The molecule has 0 aromatic carbocycles. The Labute approximate surface area is 239 Å². The molecule has 0 spiro atoms. The number of pyridine rings is 3. The lowest BCUT2D eigenvalue weighted by molar-refractivity contribution is 0.0156. The van der Waals surface area contributed by atoms with Gasteiger partial charge in [0.25, 0.3) is 0 Å². The summed E-state index contributed by atoms with van der Waals surface area (Å²) in [7, 11) is 0. The van der Waals surface area contributed by atoms with E-state index < -0.39 is 5.60 Å². The minimum atomic E-state index is -0.752. The molecule has 0 aliphatic carbocycles. The maximum atomic E-state index is 11.1. The van der Waals surface area contributed by atoms with E-state index in [1.807, 2.05) is 48.8 Å². The van der Waals surface area contributed by atoms with Crippen molar-refractivity contribution in [3.8, 4) is 22.9 Å². The van der Waals surface area contributed by atoms with Crippen molar-refractivity contribution in [1.82, 2.24) is 29.8 Å². The van der Waals surface area contributed by atoms with E-state index in [-0.39, 0.29) is 0 Å². The van der Waals surface area contributed by atoms with Crippen LogP contribution in [0.5, 0.6) is 5.75 Å². The number of nitrogens with zero attached hydrogens (tertiary/aromatic N) is 7. The standard InChI is InChI=1S/C31H34N8O2/c32-16-23-18-35-39-21-27(41-12-11-37-19-25-13-26(20-37)36-25)14-28(30(23)39)22-4-5-29(34-17-22)38-9-6-31(40,7-10-38)15-24-3-1-2-8-33-24/h1-5,8,14,17-18,21,25-26,36,40H,6-7,9-13,15,19-20H2. The number of nitrogens with one attached hydrogen (secondary N) is 1. The molecule has 10 heteroatoms. The molecule has 0 radical (unpaired) electrons. The molecule has 4 aromatic rings. The van der Waals surface area contributed by atoms with Crippen LogP contribution in [0.1, 0.15) is 30.5 Å². The molecular formula is C31H34N8O2. The molecule has 4 aliphatic rings. The monoisotopic (exact) mass is 550 g/mol. The fourth-order valence-corrected chi connectivity index (χ4v) is 6.46. The van der Waals surface area contributed by atoms with Gasteiger partial charge in [-0.2, -0.15) is 10.4 Å². The molecule has 0 amide bonds. The van der Waals surface area contributed by atoms with E-state index in [9.17, 15) is 10.4 Å². The Morgan fingerprint density at radius 2 is 1.93 bits per heavy atom. The average molecular weight is 551 g/mol. The van der Waals surface area contributed by atoms with Gasteiger partial charge in [-0.25, -0.2) is 9.50 Å². The summed E-state index contributed by atoms with van der Waals surface area (Å²) in [5, 5.41) is 28.9. The predicted octanol–water partition coefficient (Wildman–Crippen LogP) is 2.66. The molecule has 2 atom stereocenters. The smallest absolute Gasteiger partial charge is 0.138 e. The Morgan fingerprint density at radius 1 is 1.10 bits per heavy atom. The van der Waals surface area contributed by atoms with Gasteiger partial charge in [-0.05, 0) is 49.6 Å². The summed E-state index contributed by atoms with van der Waals surface area (Å²) >= 11 is 0. The summed E-state index contributed by atoms with van der Waals surface area (Å²) in [5.74, 6) is 1.59. The van der Waals surface area contributed by atoms with Crippen LogP contribution in [-0.2, 0) is 6.42 Å². The first-order valence-corrected chi connectivity index (χ1v) is 14.4. The third-order valence-corrected chi connectivity index (χ3v) is 8.69. The van der Waals surface area contributed by atoms with Gasteiger partial charge in [0.2, 0.25) is 0 Å². The zero-order valence-electron chi connectivity index (χ0n) is 23.0. The highest BCUT2D eigenvalue weighted by Gasteiger charge is 2.36. The van der Waals surface area contributed by atoms with Crippen molar-refractivity contribution in [2.45, 2.75) is 43.4 Å². The topological polar surface area (TPSA) is 115 Å². The van der Waals surface area contributed by atoms with Gasteiger partial charge in [-0.1, -0.05) is 6.07 Å². The first kappa shape index (κ1) is 25.9. The van der Waals surface area contributed by atoms with Gasteiger partial charge in [0.15, 0.2) is 0 Å². The average Bonchev–Trinajstić information content (AvgIpc) is 3.41. The second-order valence-electron chi connectivity index (χ2n) is 11.6. The molecule has 4 aromatic heterocycles. The van der Waals surface area contributed by atoms with E-state index in [2.05, 4.69) is 31.3 Å². The largest absolute Gasteiger partial charge is 0.491 e. The van der Waals surface area contributed by atoms with E-state index in [1.165, 1.54) is 6.42 Å². The molecule has 8 heterocycles. The minimum absolute atomic E-state index is 0.513. The quantitative estimate of drug-likeness (QED) is 0.342. The zero-order chi connectivity index (χ0) is 27.8. The molecule has 2 N–H and O–H groups in total. The fourth-order valence-electron chi connectivity index (χ4n) is 6.46. The van der Waals surface area contributed by atoms with Crippen molar-refractivity contribution in [3.63, 3.8) is 0 Å². The number of hydrogen-bond donors (Lipinski definition) is 2. The van der Waals surface area contributed by atoms with Crippen molar-refractivity contribution >= 4 is 11.3 Å². The van der Waals surface area contributed by atoms with Gasteiger partial charge in [-0.3, -0.25) is 9.88 Å². The highest BCUT2D eigenvalue weighted by atomic mass is 16.5. The van der Waals surface area contributed by atoms with E-state index in [0.717, 1.165) is 60.9 Å². The van der Waals surface area contributed by atoms with Gasteiger partial charge in [0, 0.05) is 80.4 Å². The van der Waals surface area contributed by atoms with Crippen LogP contribution < -0.4 is 15.0 Å². The van der Waals surface area contributed by atoms with E-state index in [1.54, 1.807) is 16.9 Å². The molecule has 210 valence electrons. The second-order valence-corrected chi connectivity index (χ2v) is 11.6. The number of fused-ring (bicyclic) bond motifs is 3. The predicted molar refractivity (Wildman–Crippen MR) is 155 cm³/mol. The molecule has 2 bridgehead atoms. The third kappa shape index (κ3) is 5.36. The van der Waals surface area contributed by atoms with Crippen LogP contribution in [0, 0.1) is 11.3 Å². The Bertz CT molecular complexity index is 1540.